The van der Waals surface area contributed by atoms with E-state index in [-0.39, 0.29) is 17.0 Å². The normalized spacial score (nSPS) is 14.0. The Labute approximate surface area is 174 Å². The first-order valence-electron chi connectivity index (χ1n) is 9.29. The van der Waals surface area contributed by atoms with Gasteiger partial charge in [0.2, 0.25) is 0 Å². The molecule has 0 aromatic heterocycles. The minimum Gasteiger partial charge on any atom is -0.331 e. The Bertz CT molecular complexity index is 866. The molecule has 7 heteroatoms. The van der Waals surface area contributed by atoms with Crippen LogP contribution in [0.5, 0.6) is 0 Å². The third kappa shape index (κ3) is 5.20. The first-order valence-corrected chi connectivity index (χ1v) is 10.5. The molecule has 3 rings (SSSR count). The highest BCUT2D eigenvalue weighted by Crippen LogP contribution is 2.38. The van der Waals surface area contributed by atoms with Crippen LogP contribution >= 0.6 is 23.4 Å². The number of nitrogens with one attached hydrogen (secondary N) is 2. The summed E-state index contributed by atoms with van der Waals surface area (Å²) in [5.41, 5.74) is 1.70. The van der Waals surface area contributed by atoms with Crippen LogP contribution in [0.4, 0.5) is 16.2 Å². The molecule has 1 fully saturated rings. The summed E-state index contributed by atoms with van der Waals surface area (Å²) in [6.45, 7) is 0. The quantitative estimate of drug-likeness (QED) is 0.653. The number of urea groups is 1. The molecule has 28 heavy (non-hydrogen) atoms. The molecule has 2 aromatic carbocycles. The minimum atomic E-state index is -0.269. The molecule has 2 N–H and O–H groups in total. The van der Waals surface area contributed by atoms with E-state index in [1.807, 2.05) is 36.0 Å². The molecule has 2 aromatic rings. The first-order chi connectivity index (χ1) is 13.4. The van der Waals surface area contributed by atoms with Crippen molar-refractivity contribution < 1.29 is 9.59 Å². The Hall–Kier alpha value is -2.18. The summed E-state index contributed by atoms with van der Waals surface area (Å²) in [4.78, 5) is 27.0. The average molecular weight is 418 g/mol. The van der Waals surface area contributed by atoms with Gasteiger partial charge in [0.25, 0.3) is 5.91 Å². The fourth-order valence-electron chi connectivity index (χ4n) is 3.06. The minimum absolute atomic E-state index is 0.258. The van der Waals surface area contributed by atoms with Crippen molar-refractivity contribution in [3.05, 3.63) is 53.1 Å². The van der Waals surface area contributed by atoms with E-state index in [0.717, 1.165) is 10.6 Å². The smallest absolute Gasteiger partial charge is 0.321 e. The van der Waals surface area contributed by atoms with Gasteiger partial charge in [-0.3, -0.25) is 4.79 Å². The third-order valence-corrected chi connectivity index (χ3v) is 6.33. The van der Waals surface area contributed by atoms with Crippen molar-refractivity contribution in [1.29, 1.82) is 0 Å². The van der Waals surface area contributed by atoms with E-state index in [4.69, 9.17) is 11.6 Å². The Morgan fingerprint density at radius 3 is 2.46 bits per heavy atom. The molecule has 1 aliphatic carbocycles. The molecule has 1 saturated carbocycles. The van der Waals surface area contributed by atoms with Gasteiger partial charge in [0.15, 0.2) is 0 Å². The number of carbonyl (C=O) groups excluding carboxylic acids is 2. The number of hydrogen-bond acceptors (Lipinski definition) is 3. The number of para-hydroxylation sites is 1. The van der Waals surface area contributed by atoms with Crippen molar-refractivity contribution in [3.8, 4) is 0 Å². The van der Waals surface area contributed by atoms with E-state index >= 15 is 0 Å². The van der Waals surface area contributed by atoms with E-state index in [1.165, 1.54) is 30.6 Å². The molecule has 0 unspecified atom stereocenters. The molecule has 0 atom stereocenters. The Balaban J connectivity index is 1.72. The maximum absolute atomic E-state index is 12.8. The van der Waals surface area contributed by atoms with Crippen LogP contribution in [0.2, 0.25) is 5.02 Å². The number of anilines is 2. The molecule has 5 nitrogen and oxygen atoms in total. The highest BCUT2D eigenvalue weighted by atomic mass is 35.5. The molecule has 0 aliphatic heterocycles. The van der Waals surface area contributed by atoms with Crippen LogP contribution in [0.25, 0.3) is 0 Å². The van der Waals surface area contributed by atoms with Crippen molar-refractivity contribution in [1.82, 2.24) is 4.90 Å². The number of amides is 3. The molecular formula is C21H24ClN3O2S. The van der Waals surface area contributed by atoms with Gasteiger partial charge in [0.1, 0.15) is 0 Å². The number of benzene rings is 2. The summed E-state index contributed by atoms with van der Waals surface area (Å²) in [6.07, 6.45) is 4.99. The average Bonchev–Trinajstić information content (AvgIpc) is 3.16. The number of rotatable bonds is 5. The molecular weight excluding hydrogens is 394 g/mol. The fourth-order valence-corrected chi connectivity index (χ4v) is 4.66. The maximum Gasteiger partial charge on any atom is 0.321 e. The molecule has 0 radical (unpaired) electrons. The highest BCUT2D eigenvalue weighted by Gasteiger charge is 2.19. The molecule has 0 bridgehead atoms. The van der Waals surface area contributed by atoms with Gasteiger partial charge in [-0.25, -0.2) is 4.79 Å². The van der Waals surface area contributed by atoms with E-state index in [0.29, 0.717) is 16.5 Å². The Kier molecular flexibility index (Phi) is 6.86. The lowest BCUT2D eigenvalue weighted by molar-refractivity contribution is 0.102. The standard InChI is InChI=1S/C21H24ClN3O2S/c1-25(2)21(27)23-14-11-12-16(17(22)13-14)20(26)24-18-9-5-6-10-19(18)28-15-7-3-4-8-15/h5-6,9-13,15H,3-4,7-8H2,1-2H3,(H,23,27)(H,24,26). The van der Waals surface area contributed by atoms with Crippen molar-refractivity contribution >= 4 is 46.7 Å². The van der Waals surface area contributed by atoms with Gasteiger partial charge in [-0.2, -0.15) is 0 Å². The Morgan fingerprint density at radius 1 is 1.07 bits per heavy atom. The SMILES string of the molecule is CN(C)C(=O)Nc1ccc(C(=O)Nc2ccccc2SC2CCCC2)c(Cl)c1. The van der Waals surface area contributed by atoms with Crippen LogP contribution in [-0.4, -0.2) is 36.2 Å². The fraction of sp³-hybridized carbons (Fsp3) is 0.333. The summed E-state index contributed by atoms with van der Waals surface area (Å²) >= 11 is 8.13. The number of carbonyl (C=O) groups is 2. The van der Waals surface area contributed by atoms with Crippen LogP contribution in [0, 0.1) is 0 Å². The van der Waals surface area contributed by atoms with Crippen LogP contribution in [-0.2, 0) is 0 Å². The van der Waals surface area contributed by atoms with Gasteiger partial charge < -0.3 is 15.5 Å². The third-order valence-electron chi connectivity index (χ3n) is 4.60. The molecule has 0 heterocycles. The zero-order valence-electron chi connectivity index (χ0n) is 16.0. The highest BCUT2D eigenvalue weighted by molar-refractivity contribution is 8.00. The lowest BCUT2D eigenvalue weighted by Crippen LogP contribution is -2.27. The monoisotopic (exact) mass is 417 g/mol. The summed E-state index contributed by atoms with van der Waals surface area (Å²) in [5.74, 6) is -0.269. The van der Waals surface area contributed by atoms with Crippen molar-refractivity contribution in [2.24, 2.45) is 0 Å². The largest absolute Gasteiger partial charge is 0.331 e. The molecule has 0 spiro atoms. The van der Waals surface area contributed by atoms with Crippen molar-refractivity contribution in [3.63, 3.8) is 0 Å². The molecule has 1 aliphatic rings. The van der Waals surface area contributed by atoms with Gasteiger partial charge in [-0.15, -0.1) is 11.8 Å². The van der Waals surface area contributed by atoms with E-state index in [9.17, 15) is 9.59 Å². The van der Waals surface area contributed by atoms with Gasteiger partial charge in [-0.05, 0) is 43.2 Å². The van der Waals surface area contributed by atoms with E-state index in [2.05, 4.69) is 10.6 Å². The lowest BCUT2D eigenvalue weighted by atomic mass is 10.2. The predicted octanol–water partition coefficient (Wildman–Crippen LogP) is 5.72. The maximum atomic E-state index is 12.8. The number of nitrogens with zero attached hydrogens (tertiary/aromatic N) is 1. The van der Waals surface area contributed by atoms with Crippen LogP contribution in [0.15, 0.2) is 47.4 Å². The van der Waals surface area contributed by atoms with Gasteiger partial charge in [-0.1, -0.05) is 36.6 Å². The Morgan fingerprint density at radius 2 is 1.79 bits per heavy atom. The number of hydrogen-bond donors (Lipinski definition) is 2. The predicted molar refractivity (Wildman–Crippen MR) is 117 cm³/mol. The second-order valence-electron chi connectivity index (χ2n) is 6.99. The summed E-state index contributed by atoms with van der Waals surface area (Å²) < 4.78 is 0. The van der Waals surface area contributed by atoms with E-state index < -0.39 is 0 Å². The van der Waals surface area contributed by atoms with Crippen LogP contribution in [0.3, 0.4) is 0 Å². The lowest BCUT2D eigenvalue weighted by Gasteiger charge is -2.15. The van der Waals surface area contributed by atoms with E-state index in [1.54, 1.807) is 32.3 Å². The first kappa shape index (κ1) is 20.6. The molecule has 148 valence electrons. The zero-order valence-corrected chi connectivity index (χ0v) is 17.6. The van der Waals surface area contributed by atoms with Crippen molar-refractivity contribution in [2.45, 2.75) is 35.8 Å². The zero-order chi connectivity index (χ0) is 20.1. The second-order valence-corrected chi connectivity index (χ2v) is 8.74. The summed E-state index contributed by atoms with van der Waals surface area (Å²) in [5, 5.41) is 6.59. The summed E-state index contributed by atoms with van der Waals surface area (Å²) in [6, 6.07) is 12.5. The van der Waals surface area contributed by atoms with Crippen LogP contribution < -0.4 is 10.6 Å². The van der Waals surface area contributed by atoms with Crippen molar-refractivity contribution in [2.75, 3.05) is 24.7 Å². The van der Waals surface area contributed by atoms with Gasteiger partial charge in [0.05, 0.1) is 16.3 Å². The second kappa shape index (κ2) is 9.34. The van der Waals surface area contributed by atoms with Crippen LogP contribution in [0.1, 0.15) is 36.0 Å². The number of halogens is 1. The molecule has 3 amide bonds. The summed E-state index contributed by atoms with van der Waals surface area (Å²) in [7, 11) is 3.31. The molecule has 0 saturated heterocycles. The topological polar surface area (TPSA) is 61.4 Å². The van der Waals surface area contributed by atoms with Gasteiger partial charge in [0, 0.05) is 29.9 Å². The van der Waals surface area contributed by atoms with Gasteiger partial charge >= 0.3 is 6.03 Å². The number of thioether (sulfide) groups is 1.